The molecule has 7 heteroatoms. The van der Waals surface area contributed by atoms with Crippen LogP contribution in [0.25, 0.3) is 11.0 Å². The van der Waals surface area contributed by atoms with Gasteiger partial charge in [0.1, 0.15) is 0 Å². The predicted octanol–water partition coefficient (Wildman–Crippen LogP) is 4.87. The monoisotopic (exact) mass is 418 g/mol. The molecule has 0 radical (unpaired) electrons. The maximum atomic E-state index is 12.7. The van der Waals surface area contributed by atoms with Gasteiger partial charge in [-0.15, -0.1) is 0 Å². The van der Waals surface area contributed by atoms with Gasteiger partial charge in [-0.05, 0) is 42.9 Å². The van der Waals surface area contributed by atoms with E-state index >= 15 is 0 Å². The second-order valence-electron chi connectivity index (χ2n) is 6.53. The highest BCUT2D eigenvalue weighted by Crippen LogP contribution is 2.25. The van der Waals surface area contributed by atoms with Crippen LogP contribution >= 0.6 is 23.2 Å². The van der Waals surface area contributed by atoms with Crippen molar-refractivity contribution in [1.29, 1.82) is 0 Å². The highest BCUT2D eigenvalue weighted by molar-refractivity contribution is 6.36. The molecule has 3 aromatic rings. The van der Waals surface area contributed by atoms with E-state index < -0.39 is 0 Å². The Hall–Kier alpha value is -2.08. The first-order chi connectivity index (χ1) is 13.5. The summed E-state index contributed by atoms with van der Waals surface area (Å²) in [5.41, 5.74) is 2.47. The summed E-state index contributed by atoms with van der Waals surface area (Å²) in [6.07, 6.45) is 0.0950. The van der Waals surface area contributed by atoms with Crippen LogP contribution in [0.5, 0.6) is 0 Å². The van der Waals surface area contributed by atoms with Gasteiger partial charge in [-0.1, -0.05) is 55.2 Å². The topological polar surface area (TPSA) is 50.2 Å². The fourth-order valence-electron chi connectivity index (χ4n) is 3.21. The number of halogens is 2. The minimum Gasteiger partial charge on any atom is -0.309 e. The number of rotatable bonds is 8. The molecule has 3 rings (SSSR count). The summed E-state index contributed by atoms with van der Waals surface area (Å²) in [5, 5.41) is 3.91. The zero-order chi connectivity index (χ0) is 20.1. The highest BCUT2D eigenvalue weighted by Gasteiger charge is 2.16. The van der Waals surface area contributed by atoms with Crippen LogP contribution in [0.1, 0.15) is 19.4 Å². The average Bonchev–Trinajstić information content (AvgIpc) is 3.03. The van der Waals surface area contributed by atoms with E-state index in [1.807, 2.05) is 24.3 Å². The maximum absolute atomic E-state index is 12.7. The van der Waals surface area contributed by atoms with Gasteiger partial charge in [0.25, 0.3) is 0 Å². The number of hydrogen-bond donors (Lipinski definition) is 1. The fraction of sp³-hybridized carbons (Fsp3) is 0.333. The second kappa shape index (κ2) is 9.41. The molecule has 0 saturated carbocycles. The van der Waals surface area contributed by atoms with Crippen LogP contribution in [0.4, 0.5) is 5.95 Å². The van der Waals surface area contributed by atoms with E-state index in [1.54, 1.807) is 18.2 Å². The lowest BCUT2D eigenvalue weighted by atomic mass is 10.1. The summed E-state index contributed by atoms with van der Waals surface area (Å²) in [5.74, 6) is 0.343. The van der Waals surface area contributed by atoms with Crippen LogP contribution < -0.4 is 5.32 Å². The third-order valence-electron chi connectivity index (χ3n) is 4.84. The van der Waals surface area contributed by atoms with Gasteiger partial charge in [0.05, 0.1) is 17.5 Å². The summed E-state index contributed by atoms with van der Waals surface area (Å²) in [4.78, 5) is 19.6. The number of amides is 1. The third-order valence-corrected chi connectivity index (χ3v) is 5.55. The number of likely N-dealkylation sites (N-methyl/N-ethyl adjacent to an activating group) is 1. The van der Waals surface area contributed by atoms with Crippen molar-refractivity contribution in [3.8, 4) is 0 Å². The zero-order valence-electron chi connectivity index (χ0n) is 16.1. The molecule has 1 aromatic heterocycles. The van der Waals surface area contributed by atoms with Crippen molar-refractivity contribution in [3.05, 3.63) is 58.1 Å². The number of fused-ring (bicyclic) bond motifs is 1. The van der Waals surface area contributed by atoms with Crippen LogP contribution in [-0.2, 0) is 17.8 Å². The molecule has 0 aliphatic rings. The van der Waals surface area contributed by atoms with Gasteiger partial charge in [0.15, 0.2) is 0 Å². The maximum Gasteiger partial charge on any atom is 0.231 e. The van der Waals surface area contributed by atoms with Gasteiger partial charge in [0.2, 0.25) is 11.9 Å². The Labute approximate surface area is 175 Å². The smallest absolute Gasteiger partial charge is 0.231 e. The quantitative estimate of drug-likeness (QED) is 0.567. The van der Waals surface area contributed by atoms with Crippen molar-refractivity contribution in [2.24, 2.45) is 0 Å². The molecule has 0 fully saturated rings. The number of imidazole rings is 1. The van der Waals surface area contributed by atoms with E-state index in [-0.39, 0.29) is 12.3 Å². The first-order valence-corrected chi connectivity index (χ1v) is 10.2. The number of nitrogens with zero attached hydrogens (tertiary/aromatic N) is 3. The first kappa shape index (κ1) is 20.6. The van der Waals surface area contributed by atoms with E-state index in [1.165, 1.54) is 0 Å². The van der Waals surface area contributed by atoms with Gasteiger partial charge >= 0.3 is 0 Å². The molecule has 0 spiro atoms. The van der Waals surface area contributed by atoms with E-state index in [2.05, 4.69) is 33.6 Å². The lowest BCUT2D eigenvalue weighted by Crippen LogP contribution is -2.28. The van der Waals surface area contributed by atoms with Crippen LogP contribution in [-0.4, -0.2) is 40.0 Å². The predicted molar refractivity (Wildman–Crippen MR) is 116 cm³/mol. The van der Waals surface area contributed by atoms with E-state index in [4.69, 9.17) is 23.2 Å². The molecule has 0 aliphatic heterocycles. The Morgan fingerprint density at radius 1 is 1.07 bits per heavy atom. The van der Waals surface area contributed by atoms with Crippen molar-refractivity contribution in [2.45, 2.75) is 26.8 Å². The van der Waals surface area contributed by atoms with Crippen LogP contribution in [0.15, 0.2) is 42.5 Å². The van der Waals surface area contributed by atoms with Gasteiger partial charge in [-0.2, -0.15) is 0 Å². The van der Waals surface area contributed by atoms with Gasteiger partial charge in [0, 0.05) is 23.1 Å². The Bertz CT molecular complexity index is 946. The molecule has 1 heterocycles. The highest BCUT2D eigenvalue weighted by atomic mass is 35.5. The normalized spacial score (nSPS) is 11.3. The average molecular weight is 419 g/mol. The van der Waals surface area contributed by atoms with Crippen molar-refractivity contribution < 1.29 is 4.79 Å². The third kappa shape index (κ3) is 4.66. The summed E-state index contributed by atoms with van der Waals surface area (Å²) in [7, 11) is 0. The van der Waals surface area contributed by atoms with Crippen LogP contribution in [0.3, 0.4) is 0 Å². The molecule has 1 amide bonds. The number of carbonyl (C=O) groups is 1. The fourth-order valence-corrected chi connectivity index (χ4v) is 3.74. The molecule has 5 nitrogen and oxygen atoms in total. The molecule has 0 unspecified atom stereocenters. The van der Waals surface area contributed by atoms with Gasteiger partial charge in [-0.3, -0.25) is 10.1 Å². The van der Waals surface area contributed by atoms with Crippen LogP contribution in [0.2, 0.25) is 10.0 Å². The second-order valence-corrected chi connectivity index (χ2v) is 7.34. The SMILES string of the molecule is CCN(CC)CCn1c(NC(=O)Cc2c(Cl)cccc2Cl)nc2ccccc21. The van der Waals surface area contributed by atoms with Gasteiger partial charge < -0.3 is 9.47 Å². The lowest BCUT2D eigenvalue weighted by molar-refractivity contribution is -0.115. The first-order valence-electron chi connectivity index (χ1n) is 9.43. The minimum absolute atomic E-state index is 0.0950. The Kier molecular flexibility index (Phi) is 6.94. The lowest BCUT2D eigenvalue weighted by Gasteiger charge is -2.19. The molecular weight excluding hydrogens is 395 g/mol. The van der Waals surface area contributed by atoms with Gasteiger partial charge in [-0.25, -0.2) is 4.98 Å². The molecule has 0 bridgehead atoms. The Morgan fingerprint density at radius 2 is 1.75 bits per heavy atom. The summed E-state index contributed by atoms with van der Waals surface area (Å²) in [6, 6.07) is 13.1. The van der Waals surface area contributed by atoms with Crippen LogP contribution in [0, 0.1) is 0 Å². The summed E-state index contributed by atoms with van der Waals surface area (Å²) < 4.78 is 2.06. The molecule has 0 saturated heterocycles. The molecule has 0 atom stereocenters. The zero-order valence-corrected chi connectivity index (χ0v) is 17.6. The number of hydrogen-bond acceptors (Lipinski definition) is 3. The van der Waals surface area contributed by atoms with Crippen molar-refractivity contribution in [2.75, 3.05) is 25.0 Å². The minimum atomic E-state index is -0.200. The standard InChI is InChI=1S/C21H24Cl2N4O/c1-3-26(4-2)12-13-27-19-11-6-5-10-18(19)24-21(27)25-20(28)14-15-16(22)8-7-9-17(15)23/h5-11H,3-4,12-14H2,1-2H3,(H,24,25,28). The van der Waals surface area contributed by atoms with Crippen molar-refractivity contribution in [1.82, 2.24) is 14.5 Å². The number of para-hydroxylation sites is 2. The summed E-state index contributed by atoms with van der Waals surface area (Å²) in [6.45, 7) is 7.87. The van der Waals surface area contributed by atoms with Crippen molar-refractivity contribution in [3.63, 3.8) is 0 Å². The Balaban J connectivity index is 1.83. The molecule has 148 valence electrons. The summed E-state index contributed by atoms with van der Waals surface area (Å²) >= 11 is 12.4. The molecule has 1 N–H and O–H groups in total. The molecule has 28 heavy (non-hydrogen) atoms. The number of aromatic nitrogens is 2. The number of nitrogens with one attached hydrogen (secondary N) is 1. The molecule has 0 aliphatic carbocycles. The molecular formula is C21H24Cl2N4O. The molecule has 2 aromatic carbocycles. The number of benzene rings is 2. The van der Waals surface area contributed by atoms with E-state index in [0.29, 0.717) is 21.6 Å². The number of carbonyl (C=O) groups excluding carboxylic acids is 1. The Morgan fingerprint density at radius 3 is 2.43 bits per heavy atom. The van der Waals surface area contributed by atoms with Crippen molar-refractivity contribution >= 4 is 46.1 Å². The largest absolute Gasteiger partial charge is 0.309 e. The van der Waals surface area contributed by atoms with E-state index in [9.17, 15) is 4.79 Å². The van der Waals surface area contributed by atoms with E-state index in [0.717, 1.165) is 37.2 Å². The number of anilines is 1.